The third kappa shape index (κ3) is 2.84. The molecule has 5 heteroatoms. The van der Waals surface area contributed by atoms with Gasteiger partial charge in [0.25, 0.3) is 0 Å². The highest BCUT2D eigenvalue weighted by atomic mass is 32.1. The molecule has 0 radical (unpaired) electrons. The lowest BCUT2D eigenvalue weighted by atomic mass is 9.83. The summed E-state index contributed by atoms with van der Waals surface area (Å²) in [5, 5.41) is 1.07. The Labute approximate surface area is 125 Å². The van der Waals surface area contributed by atoms with E-state index in [2.05, 4.69) is 30.0 Å². The van der Waals surface area contributed by atoms with Crippen molar-refractivity contribution in [2.45, 2.75) is 63.9 Å². The first-order valence-electron chi connectivity index (χ1n) is 7.72. The van der Waals surface area contributed by atoms with Crippen molar-refractivity contribution in [1.29, 1.82) is 0 Å². The zero-order chi connectivity index (χ0) is 14.2. The highest BCUT2D eigenvalue weighted by Crippen LogP contribution is 2.36. The van der Waals surface area contributed by atoms with Crippen LogP contribution in [0.2, 0.25) is 0 Å². The summed E-state index contributed by atoms with van der Waals surface area (Å²) in [5.41, 5.74) is 0.119. The molecular formula is C15H25N3OS. The lowest BCUT2D eigenvalue weighted by Crippen LogP contribution is -2.52. The summed E-state index contributed by atoms with van der Waals surface area (Å²) >= 11 is 1.54. The molecule has 0 N–H and O–H groups in total. The Hall–Kier alpha value is -0.680. The SMILES string of the molecule is CC(C)(C)c1nsc(N2CCOC3(CCCCC3)C2)n1. The van der Waals surface area contributed by atoms with Gasteiger partial charge in [-0.1, -0.05) is 40.0 Å². The minimum atomic E-state index is 0.0313. The van der Waals surface area contributed by atoms with Crippen LogP contribution in [0.15, 0.2) is 0 Å². The van der Waals surface area contributed by atoms with E-state index in [9.17, 15) is 0 Å². The van der Waals surface area contributed by atoms with Gasteiger partial charge in [0.1, 0.15) is 5.82 Å². The zero-order valence-corrected chi connectivity index (χ0v) is 13.6. The van der Waals surface area contributed by atoms with E-state index in [0.29, 0.717) is 0 Å². The lowest BCUT2D eigenvalue weighted by molar-refractivity contribution is -0.0782. The minimum absolute atomic E-state index is 0.0313. The molecule has 0 atom stereocenters. The number of rotatable bonds is 1. The first-order valence-corrected chi connectivity index (χ1v) is 8.49. The summed E-state index contributed by atoms with van der Waals surface area (Å²) in [4.78, 5) is 7.15. The maximum absolute atomic E-state index is 6.15. The average Bonchev–Trinajstić information content (AvgIpc) is 2.89. The predicted molar refractivity (Wildman–Crippen MR) is 82.6 cm³/mol. The first kappa shape index (κ1) is 14.3. The van der Waals surface area contributed by atoms with Crippen LogP contribution in [-0.2, 0) is 10.2 Å². The van der Waals surface area contributed by atoms with Crippen LogP contribution in [0.4, 0.5) is 5.13 Å². The van der Waals surface area contributed by atoms with E-state index in [1.54, 1.807) is 0 Å². The van der Waals surface area contributed by atoms with Crippen molar-refractivity contribution in [1.82, 2.24) is 9.36 Å². The van der Waals surface area contributed by atoms with Gasteiger partial charge in [-0.15, -0.1) is 0 Å². The molecular weight excluding hydrogens is 270 g/mol. The van der Waals surface area contributed by atoms with E-state index < -0.39 is 0 Å². The maximum atomic E-state index is 6.15. The summed E-state index contributed by atoms with van der Waals surface area (Å²) < 4.78 is 10.7. The van der Waals surface area contributed by atoms with Gasteiger partial charge < -0.3 is 9.64 Å². The molecule has 112 valence electrons. The molecule has 1 spiro atoms. The number of morpholine rings is 1. The largest absolute Gasteiger partial charge is 0.371 e. The quantitative estimate of drug-likeness (QED) is 0.796. The normalized spacial score (nSPS) is 23.2. The molecule has 0 bridgehead atoms. The highest BCUT2D eigenvalue weighted by Gasteiger charge is 2.38. The topological polar surface area (TPSA) is 38.2 Å². The van der Waals surface area contributed by atoms with E-state index in [-0.39, 0.29) is 11.0 Å². The summed E-state index contributed by atoms with van der Waals surface area (Å²) in [7, 11) is 0. The van der Waals surface area contributed by atoms with Crippen LogP contribution >= 0.6 is 11.5 Å². The molecule has 2 fully saturated rings. The van der Waals surface area contributed by atoms with E-state index in [1.807, 2.05) is 0 Å². The van der Waals surface area contributed by atoms with Crippen LogP contribution in [0, 0.1) is 0 Å². The predicted octanol–water partition coefficient (Wildman–Crippen LogP) is 3.38. The van der Waals surface area contributed by atoms with Crippen molar-refractivity contribution >= 4 is 16.7 Å². The molecule has 1 aromatic rings. The molecule has 20 heavy (non-hydrogen) atoms. The summed E-state index contributed by atoms with van der Waals surface area (Å²) in [6, 6.07) is 0. The van der Waals surface area contributed by atoms with Crippen LogP contribution in [-0.4, -0.2) is 34.7 Å². The van der Waals surface area contributed by atoms with Crippen molar-refractivity contribution in [3.05, 3.63) is 5.82 Å². The van der Waals surface area contributed by atoms with Crippen LogP contribution in [0.25, 0.3) is 0 Å². The van der Waals surface area contributed by atoms with Gasteiger partial charge in [0.15, 0.2) is 0 Å². The Kier molecular flexibility index (Phi) is 3.75. The second-order valence-corrected chi connectivity index (χ2v) is 7.89. The summed E-state index contributed by atoms with van der Waals surface area (Å²) in [6.07, 6.45) is 6.37. The Balaban J connectivity index is 1.75. The number of ether oxygens (including phenoxy) is 1. The van der Waals surface area contributed by atoms with E-state index in [4.69, 9.17) is 9.72 Å². The number of hydrogen-bond donors (Lipinski definition) is 0. The lowest BCUT2D eigenvalue weighted by Gasteiger charge is -2.44. The fourth-order valence-corrected chi connectivity index (χ4v) is 4.04. The van der Waals surface area contributed by atoms with Crippen LogP contribution < -0.4 is 4.90 Å². The third-order valence-electron chi connectivity index (χ3n) is 4.37. The molecule has 1 saturated carbocycles. The Morgan fingerprint density at radius 1 is 1.20 bits per heavy atom. The molecule has 1 aromatic heterocycles. The minimum Gasteiger partial charge on any atom is -0.371 e. The molecule has 1 saturated heterocycles. The van der Waals surface area contributed by atoms with Gasteiger partial charge in [0, 0.05) is 30.0 Å². The summed E-state index contributed by atoms with van der Waals surface area (Å²) in [5.74, 6) is 0.960. The smallest absolute Gasteiger partial charge is 0.205 e. The van der Waals surface area contributed by atoms with Gasteiger partial charge in [-0.25, -0.2) is 4.98 Å². The average molecular weight is 295 g/mol. The second kappa shape index (κ2) is 5.26. The molecule has 1 aliphatic heterocycles. The van der Waals surface area contributed by atoms with Gasteiger partial charge in [-0.05, 0) is 12.8 Å². The molecule has 0 aromatic carbocycles. The summed E-state index contributed by atoms with van der Waals surface area (Å²) in [6.45, 7) is 9.26. The number of aromatic nitrogens is 2. The molecule has 0 unspecified atom stereocenters. The third-order valence-corrected chi connectivity index (χ3v) is 5.15. The van der Waals surface area contributed by atoms with E-state index in [1.165, 1.54) is 43.6 Å². The number of nitrogens with zero attached hydrogens (tertiary/aromatic N) is 3. The number of anilines is 1. The van der Waals surface area contributed by atoms with E-state index in [0.717, 1.165) is 30.7 Å². The van der Waals surface area contributed by atoms with Crippen LogP contribution in [0.1, 0.15) is 58.7 Å². The highest BCUT2D eigenvalue weighted by molar-refractivity contribution is 7.09. The van der Waals surface area contributed by atoms with Crippen molar-refractivity contribution in [2.75, 3.05) is 24.6 Å². The van der Waals surface area contributed by atoms with Crippen molar-refractivity contribution in [2.24, 2.45) is 0 Å². The van der Waals surface area contributed by atoms with Crippen LogP contribution in [0.5, 0.6) is 0 Å². The van der Waals surface area contributed by atoms with Crippen molar-refractivity contribution in [3.63, 3.8) is 0 Å². The molecule has 0 amide bonds. The maximum Gasteiger partial charge on any atom is 0.205 e. The Bertz CT molecular complexity index is 454. The first-order chi connectivity index (χ1) is 9.49. The monoisotopic (exact) mass is 295 g/mol. The molecule has 2 aliphatic rings. The van der Waals surface area contributed by atoms with Gasteiger partial charge >= 0.3 is 0 Å². The molecule has 4 nitrogen and oxygen atoms in total. The molecule has 3 rings (SSSR count). The van der Waals surface area contributed by atoms with E-state index >= 15 is 0 Å². The van der Waals surface area contributed by atoms with Crippen LogP contribution in [0.3, 0.4) is 0 Å². The zero-order valence-electron chi connectivity index (χ0n) is 12.8. The Morgan fingerprint density at radius 3 is 2.60 bits per heavy atom. The van der Waals surface area contributed by atoms with Crippen molar-refractivity contribution in [3.8, 4) is 0 Å². The second-order valence-electron chi connectivity index (χ2n) is 7.16. The van der Waals surface area contributed by atoms with Gasteiger partial charge in [0.05, 0.1) is 12.2 Å². The van der Waals surface area contributed by atoms with Gasteiger partial charge in [-0.2, -0.15) is 4.37 Å². The van der Waals surface area contributed by atoms with Gasteiger partial charge in [0.2, 0.25) is 5.13 Å². The fraction of sp³-hybridized carbons (Fsp3) is 0.867. The van der Waals surface area contributed by atoms with Crippen molar-refractivity contribution < 1.29 is 4.74 Å². The Morgan fingerprint density at radius 2 is 1.95 bits per heavy atom. The number of hydrogen-bond acceptors (Lipinski definition) is 5. The van der Waals surface area contributed by atoms with Gasteiger partial charge in [-0.3, -0.25) is 0 Å². The molecule has 2 heterocycles. The molecule has 1 aliphatic carbocycles. The standard InChI is InChI=1S/C15H25N3OS/c1-14(2,3)12-16-13(20-17-12)18-9-10-19-15(11-18)7-5-4-6-8-15/h4-11H2,1-3H3. The fourth-order valence-electron chi connectivity index (χ4n) is 3.16.